The highest BCUT2D eigenvalue weighted by molar-refractivity contribution is 6.34. The molecule has 1 atom stereocenters. The Balaban J connectivity index is 3.84. The number of rotatable bonds is 2. The minimum atomic E-state index is -1.90. The number of nitrogens with two attached hydrogens (primary N) is 1. The van der Waals surface area contributed by atoms with Crippen LogP contribution in [0.5, 0.6) is 0 Å². The number of ketones is 1. The van der Waals surface area contributed by atoms with Gasteiger partial charge in [-0.2, -0.15) is 0 Å². The molecule has 0 aromatic carbocycles. The van der Waals surface area contributed by atoms with E-state index in [9.17, 15) is 9.59 Å². The van der Waals surface area contributed by atoms with Crippen LogP contribution in [-0.4, -0.2) is 28.2 Å². The fourth-order valence-electron chi connectivity index (χ4n) is 0.127. The summed E-state index contributed by atoms with van der Waals surface area (Å²) in [6, 6.07) is 0. The Morgan fingerprint density at radius 1 is 1.50 bits per heavy atom. The number of carbonyl (C=O) groups is 2. The van der Waals surface area contributed by atoms with Gasteiger partial charge in [-0.05, 0) is 0 Å². The van der Waals surface area contributed by atoms with E-state index in [-0.39, 0.29) is 0 Å². The summed E-state index contributed by atoms with van der Waals surface area (Å²) < 4.78 is 0. The molecule has 5 nitrogen and oxygen atoms in total. The maximum absolute atomic E-state index is 9.87. The second-order valence-corrected chi connectivity index (χ2v) is 1.11. The summed E-state index contributed by atoms with van der Waals surface area (Å²) in [6.45, 7) is 0. The minimum absolute atomic E-state index is 1.40. The Labute approximate surface area is 44.7 Å². The molecular formula is C3H5NO4. The molecule has 0 aromatic heterocycles. The molecule has 8 heavy (non-hydrogen) atoms. The molecule has 0 bridgehead atoms. The minimum Gasteiger partial charge on any atom is -0.475 e. The van der Waals surface area contributed by atoms with Crippen molar-refractivity contribution < 1.29 is 19.8 Å². The Morgan fingerprint density at radius 3 is 1.88 bits per heavy atom. The van der Waals surface area contributed by atoms with E-state index >= 15 is 0 Å². The van der Waals surface area contributed by atoms with Crippen LogP contribution in [0.4, 0.5) is 0 Å². The number of carboxylic acid groups (broad SMARTS) is 1. The van der Waals surface area contributed by atoms with E-state index in [4.69, 9.17) is 10.2 Å². The SMILES string of the molecule is NC(O)C(=O)C(=O)O. The summed E-state index contributed by atoms with van der Waals surface area (Å²) in [5.41, 5.74) is 4.46. The van der Waals surface area contributed by atoms with Crippen LogP contribution in [0.2, 0.25) is 0 Å². The molecule has 0 aliphatic rings. The number of aliphatic carboxylic acids is 1. The molecule has 1 unspecified atom stereocenters. The first-order valence-electron chi connectivity index (χ1n) is 1.76. The normalized spacial score (nSPS) is 12.8. The number of Topliss-reactive ketones (excluding diaryl/α,β-unsaturated/α-hetero) is 1. The second kappa shape index (κ2) is 2.39. The van der Waals surface area contributed by atoms with E-state index in [2.05, 4.69) is 5.73 Å². The van der Waals surface area contributed by atoms with Crippen molar-refractivity contribution in [3.8, 4) is 0 Å². The molecule has 0 heterocycles. The Morgan fingerprint density at radius 2 is 1.88 bits per heavy atom. The Hall–Kier alpha value is -0.940. The van der Waals surface area contributed by atoms with Crippen LogP contribution in [0.1, 0.15) is 0 Å². The molecule has 0 aliphatic heterocycles. The van der Waals surface area contributed by atoms with Gasteiger partial charge in [0.25, 0.3) is 5.78 Å². The van der Waals surface area contributed by atoms with Crippen molar-refractivity contribution in [2.45, 2.75) is 6.23 Å². The maximum atomic E-state index is 9.87. The number of aliphatic hydroxyl groups excluding tert-OH is 1. The van der Waals surface area contributed by atoms with Gasteiger partial charge in [0, 0.05) is 0 Å². The number of hydrogen-bond acceptors (Lipinski definition) is 4. The second-order valence-electron chi connectivity index (χ2n) is 1.11. The predicted molar refractivity (Wildman–Crippen MR) is 22.8 cm³/mol. The van der Waals surface area contributed by atoms with Crippen LogP contribution < -0.4 is 5.73 Å². The van der Waals surface area contributed by atoms with Gasteiger partial charge < -0.3 is 10.2 Å². The number of carboxylic acids is 1. The van der Waals surface area contributed by atoms with E-state index < -0.39 is 18.0 Å². The van der Waals surface area contributed by atoms with Gasteiger partial charge in [0.05, 0.1) is 0 Å². The lowest BCUT2D eigenvalue weighted by Gasteiger charge is -1.93. The van der Waals surface area contributed by atoms with Crippen LogP contribution >= 0.6 is 0 Å². The van der Waals surface area contributed by atoms with E-state index in [1.165, 1.54) is 0 Å². The van der Waals surface area contributed by atoms with Gasteiger partial charge in [0.15, 0.2) is 6.23 Å². The zero-order chi connectivity index (χ0) is 6.73. The number of carbonyl (C=O) groups excluding carboxylic acids is 1. The average molecular weight is 119 g/mol. The molecule has 0 saturated carbocycles. The van der Waals surface area contributed by atoms with Crippen LogP contribution in [0.15, 0.2) is 0 Å². The summed E-state index contributed by atoms with van der Waals surface area (Å²) in [5.74, 6) is -3.12. The van der Waals surface area contributed by atoms with E-state index in [0.29, 0.717) is 0 Å². The molecule has 0 radical (unpaired) electrons. The van der Waals surface area contributed by atoms with Crippen molar-refractivity contribution in [1.29, 1.82) is 0 Å². The van der Waals surface area contributed by atoms with Crippen molar-refractivity contribution in [3.63, 3.8) is 0 Å². The number of hydrogen-bond donors (Lipinski definition) is 3. The fraction of sp³-hybridized carbons (Fsp3) is 0.333. The monoisotopic (exact) mass is 119 g/mol. The molecule has 0 aromatic rings. The van der Waals surface area contributed by atoms with Crippen LogP contribution in [0.3, 0.4) is 0 Å². The molecule has 0 aliphatic carbocycles. The quantitative estimate of drug-likeness (QED) is 0.286. The lowest BCUT2D eigenvalue weighted by atomic mass is 10.4. The van der Waals surface area contributed by atoms with Gasteiger partial charge in [-0.15, -0.1) is 0 Å². The largest absolute Gasteiger partial charge is 0.475 e. The topological polar surface area (TPSA) is 101 Å². The Bertz CT molecular complexity index is 118. The molecule has 4 N–H and O–H groups in total. The van der Waals surface area contributed by atoms with Crippen molar-refractivity contribution in [1.82, 2.24) is 0 Å². The van der Waals surface area contributed by atoms with Gasteiger partial charge in [0.2, 0.25) is 0 Å². The zero-order valence-electron chi connectivity index (χ0n) is 3.87. The summed E-state index contributed by atoms with van der Waals surface area (Å²) in [7, 11) is 0. The van der Waals surface area contributed by atoms with Gasteiger partial charge in [-0.25, -0.2) is 4.79 Å². The van der Waals surface area contributed by atoms with Gasteiger partial charge in [-0.3, -0.25) is 10.5 Å². The molecule has 0 amide bonds. The zero-order valence-corrected chi connectivity index (χ0v) is 3.87. The summed E-state index contributed by atoms with van der Waals surface area (Å²) in [5, 5.41) is 15.8. The van der Waals surface area contributed by atoms with Gasteiger partial charge >= 0.3 is 5.97 Å². The molecule has 0 fully saturated rings. The van der Waals surface area contributed by atoms with Crippen molar-refractivity contribution in [3.05, 3.63) is 0 Å². The van der Waals surface area contributed by atoms with Crippen molar-refractivity contribution in [2.75, 3.05) is 0 Å². The molecule has 0 rings (SSSR count). The predicted octanol–water partition coefficient (Wildman–Crippen LogP) is -2.08. The van der Waals surface area contributed by atoms with Crippen LogP contribution in [0.25, 0.3) is 0 Å². The first kappa shape index (κ1) is 7.06. The first-order valence-corrected chi connectivity index (χ1v) is 1.76. The molecular weight excluding hydrogens is 114 g/mol. The van der Waals surface area contributed by atoms with Crippen molar-refractivity contribution >= 4 is 11.8 Å². The van der Waals surface area contributed by atoms with Crippen LogP contribution in [-0.2, 0) is 9.59 Å². The van der Waals surface area contributed by atoms with Crippen molar-refractivity contribution in [2.24, 2.45) is 5.73 Å². The molecule has 0 saturated heterocycles. The number of aliphatic hydroxyl groups is 1. The summed E-state index contributed by atoms with van der Waals surface area (Å²) in [4.78, 5) is 19.4. The third-order valence-electron chi connectivity index (χ3n) is 0.479. The third kappa shape index (κ3) is 1.67. The lowest BCUT2D eigenvalue weighted by molar-refractivity contribution is -0.153. The highest BCUT2D eigenvalue weighted by atomic mass is 16.4. The third-order valence-corrected chi connectivity index (χ3v) is 0.479. The maximum Gasteiger partial charge on any atom is 0.376 e. The van der Waals surface area contributed by atoms with Gasteiger partial charge in [0.1, 0.15) is 0 Å². The van der Waals surface area contributed by atoms with E-state index in [1.807, 2.05) is 0 Å². The van der Waals surface area contributed by atoms with E-state index in [0.717, 1.165) is 0 Å². The molecule has 46 valence electrons. The fourth-order valence-corrected chi connectivity index (χ4v) is 0.127. The highest BCUT2D eigenvalue weighted by Gasteiger charge is 2.17. The van der Waals surface area contributed by atoms with E-state index in [1.54, 1.807) is 0 Å². The lowest BCUT2D eigenvalue weighted by Crippen LogP contribution is -2.35. The first-order chi connectivity index (χ1) is 3.55. The smallest absolute Gasteiger partial charge is 0.376 e. The van der Waals surface area contributed by atoms with Gasteiger partial charge in [-0.1, -0.05) is 0 Å². The summed E-state index contributed by atoms with van der Waals surface area (Å²) in [6.07, 6.45) is -1.90. The van der Waals surface area contributed by atoms with Crippen LogP contribution in [0, 0.1) is 0 Å². The standard InChI is InChI=1S/C3H5NO4/c4-2(6)1(5)3(7)8/h2,6H,4H2,(H,7,8). The molecule has 0 spiro atoms. The average Bonchev–Trinajstić information content (AvgIpc) is 1.64. The molecule has 5 heteroatoms. The summed E-state index contributed by atoms with van der Waals surface area (Å²) >= 11 is 0. The highest BCUT2D eigenvalue weighted by Crippen LogP contribution is 1.73. The Kier molecular flexibility index (Phi) is 2.11.